The van der Waals surface area contributed by atoms with Crippen LogP contribution in [0.1, 0.15) is 0 Å². The topological polar surface area (TPSA) is 195 Å². The second-order valence-corrected chi connectivity index (χ2v) is 5.65. The maximum atomic E-state index is 9.79. The van der Waals surface area contributed by atoms with Crippen LogP contribution in [-0.2, 0) is 14.2 Å². The van der Waals surface area contributed by atoms with Gasteiger partial charge in [0, 0.05) is 0 Å². The van der Waals surface area contributed by atoms with Gasteiger partial charge in [0.05, 0.1) is 19.3 Å². The number of hydrogen-bond acceptors (Lipinski definition) is 11. The van der Waals surface area contributed by atoms with E-state index in [4.69, 9.17) is 25.1 Å². The Morgan fingerprint density at radius 3 is 2.00 bits per heavy atom. The predicted octanol–water partition coefficient (Wildman–Crippen LogP) is -5.43. The molecule has 136 valence electrons. The second-order valence-electron chi connectivity index (χ2n) is 5.65. The summed E-state index contributed by atoms with van der Waals surface area (Å²) in [6.45, 7) is -0.960. The van der Waals surface area contributed by atoms with Crippen LogP contribution in [0.15, 0.2) is 0 Å². The van der Waals surface area contributed by atoms with E-state index >= 15 is 0 Å². The maximum Gasteiger partial charge on any atom is 0.184 e. The van der Waals surface area contributed by atoms with Gasteiger partial charge in [-0.1, -0.05) is 0 Å². The minimum Gasteiger partial charge on any atom is -0.394 e. The van der Waals surface area contributed by atoms with Gasteiger partial charge in [-0.25, -0.2) is 0 Å². The number of hydrogen-bond donors (Lipinski definition) is 8. The molecule has 2 aliphatic heterocycles. The number of aliphatic hydroxyl groups excluding tert-OH is 7. The van der Waals surface area contributed by atoms with Crippen LogP contribution in [-0.4, -0.2) is 110 Å². The first-order valence-electron chi connectivity index (χ1n) is 7.15. The molecule has 0 aromatic heterocycles. The zero-order valence-electron chi connectivity index (χ0n) is 12.1. The van der Waals surface area contributed by atoms with Crippen molar-refractivity contribution in [3.05, 3.63) is 0 Å². The molecule has 9 N–H and O–H groups in total. The van der Waals surface area contributed by atoms with Gasteiger partial charge in [-0.2, -0.15) is 0 Å². The fourth-order valence-electron chi connectivity index (χ4n) is 2.51. The summed E-state index contributed by atoms with van der Waals surface area (Å²) >= 11 is 0. The molecule has 0 spiro atoms. The number of nitrogens with two attached hydrogens (primary N) is 1. The first-order valence-corrected chi connectivity index (χ1v) is 7.15. The van der Waals surface area contributed by atoms with E-state index in [9.17, 15) is 30.6 Å². The van der Waals surface area contributed by atoms with Gasteiger partial charge >= 0.3 is 0 Å². The fourth-order valence-corrected chi connectivity index (χ4v) is 2.51. The Bertz CT molecular complexity index is 385. The van der Waals surface area contributed by atoms with Crippen LogP contribution in [0, 0.1) is 0 Å². The van der Waals surface area contributed by atoms with E-state index in [1.807, 2.05) is 0 Å². The minimum absolute atomic E-state index is 0.388. The molecule has 0 aromatic rings. The Morgan fingerprint density at radius 1 is 0.783 bits per heavy atom. The maximum absolute atomic E-state index is 9.79. The summed E-state index contributed by atoms with van der Waals surface area (Å²) in [6.07, 6.45) is -12.8. The van der Waals surface area contributed by atoms with Crippen molar-refractivity contribution in [3.8, 4) is 0 Å². The lowest BCUT2D eigenvalue weighted by Gasteiger charge is -2.42. The highest BCUT2D eigenvalue weighted by Gasteiger charge is 2.46. The normalized spacial score (nSPS) is 51.7. The molecular formula is C12H23NO10. The minimum atomic E-state index is -1.71. The molecule has 2 aliphatic rings. The van der Waals surface area contributed by atoms with Crippen LogP contribution in [0.25, 0.3) is 0 Å². The molecule has 2 saturated heterocycles. The number of aliphatic hydroxyl groups is 7. The first-order chi connectivity index (χ1) is 10.8. The highest BCUT2D eigenvalue weighted by molar-refractivity contribution is 4.92. The van der Waals surface area contributed by atoms with E-state index in [1.54, 1.807) is 0 Å². The summed E-state index contributed by atoms with van der Waals surface area (Å²) in [7, 11) is 0. The van der Waals surface area contributed by atoms with E-state index in [2.05, 4.69) is 0 Å². The Balaban J connectivity index is 1.94. The van der Waals surface area contributed by atoms with E-state index < -0.39 is 68.0 Å². The Morgan fingerprint density at radius 2 is 1.39 bits per heavy atom. The zero-order chi connectivity index (χ0) is 17.3. The second kappa shape index (κ2) is 7.63. The Kier molecular flexibility index (Phi) is 6.27. The molecule has 0 aromatic carbocycles. The van der Waals surface area contributed by atoms with Gasteiger partial charge in [0.15, 0.2) is 12.6 Å². The highest BCUT2D eigenvalue weighted by atomic mass is 16.7. The third-order valence-corrected chi connectivity index (χ3v) is 4.04. The summed E-state index contributed by atoms with van der Waals surface area (Å²) in [4.78, 5) is 0. The lowest BCUT2D eigenvalue weighted by Crippen LogP contribution is -2.63. The largest absolute Gasteiger partial charge is 0.394 e. The van der Waals surface area contributed by atoms with Gasteiger partial charge in [-0.3, -0.25) is 0 Å². The summed E-state index contributed by atoms with van der Waals surface area (Å²) in [6, 6.07) is -1.13. The molecule has 2 heterocycles. The van der Waals surface area contributed by atoms with Gasteiger partial charge in [0.25, 0.3) is 0 Å². The molecule has 0 aliphatic carbocycles. The zero-order valence-corrected chi connectivity index (χ0v) is 12.1. The van der Waals surface area contributed by atoms with Crippen molar-refractivity contribution in [2.45, 2.75) is 61.3 Å². The molecule has 0 radical (unpaired) electrons. The smallest absolute Gasteiger partial charge is 0.184 e. The van der Waals surface area contributed by atoms with Crippen molar-refractivity contribution >= 4 is 0 Å². The molecule has 1 unspecified atom stereocenters. The molecule has 0 bridgehead atoms. The molecule has 10 atom stereocenters. The summed E-state index contributed by atoms with van der Waals surface area (Å²) in [5.41, 5.74) is 5.67. The van der Waals surface area contributed by atoms with Crippen LogP contribution in [0.5, 0.6) is 0 Å². The van der Waals surface area contributed by atoms with Crippen LogP contribution in [0.3, 0.4) is 0 Å². The van der Waals surface area contributed by atoms with Gasteiger partial charge < -0.3 is 55.7 Å². The van der Waals surface area contributed by atoms with Gasteiger partial charge in [-0.05, 0) is 0 Å². The van der Waals surface area contributed by atoms with Crippen LogP contribution in [0.2, 0.25) is 0 Å². The lowest BCUT2D eigenvalue weighted by molar-refractivity contribution is -0.310. The van der Waals surface area contributed by atoms with Crippen molar-refractivity contribution < 1.29 is 50.0 Å². The molecule has 0 saturated carbocycles. The van der Waals surface area contributed by atoms with Crippen molar-refractivity contribution in [1.29, 1.82) is 0 Å². The monoisotopic (exact) mass is 341 g/mol. The van der Waals surface area contributed by atoms with E-state index in [-0.39, 0.29) is 6.61 Å². The van der Waals surface area contributed by atoms with Crippen molar-refractivity contribution in [2.75, 3.05) is 13.2 Å². The number of rotatable bonds is 4. The lowest BCUT2D eigenvalue weighted by atomic mass is 9.97. The van der Waals surface area contributed by atoms with E-state index in [0.717, 1.165) is 0 Å². The molecule has 23 heavy (non-hydrogen) atoms. The third kappa shape index (κ3) is 3.81. The molecule has 2 rings (SSSR count). The summed E-state index contributed by atoms with van der Waals surface area (Å²) in [5.74, 6) is 0. The summed E-state index contributed by atoms with van der Waals surface area (Å²) < 4.78 is 15.4. The summed E-state index contributed by atoms with van der Waals surface area (Å²) in [5, 5.41) is 66.7. The van der Waals surface area contributed by atoms with Gasteiger partial charge in [0.1, 0.15) is 42.7 Å². The van der Waals surface area contributed by atoms with Crippen LogP contribution >= 0.6 is 0 Å². The molecule has 11 nitrogen and oxygen atoms in total. The molecule has 2 fully saturated rings. The fraction of sp³-hybridized carbons (Fsp3) is 1.00. The van der Waals surface area contributed by atoms with Gasteiger partial charge in [-0.15, -0.1) is 0 Å². The van der Waals surface area contributed by atoms with Crippen molar-refractivity contribution in [2.24, 2.45) is 5.73 Å². The average Bonchev–Trinajstić information content (AvgIpc) is 2.54. The molecule has 0 amide bonds. The van der Waals surface area contributed by atoms with Crippen molar-refractivity contribution in [1.82, 2.24) is 0 Å². The van der Waals surface area contributed by atoms with E-state index in [1.165, 1.54) is 0 Å². The molecular weight excluding hydrogens is 318 g/mol. The standard InChI is InChI=1S/C12H23NO10/c13-5-8(17)6(15)3(1-14)23-12(5)21-2-4-7(16)9(18)10(19)11(20)22-4/h3-12,14-20H,1-2,13H2/t3-,4-,5+,6-,7-,8-,9+,10+,11?,12+/m1/s1. The number of ether oxygens (including phenoxy) is 3. The predicted molar refractivity (Wildman–Crippen MR) is 70.6 cm³/mol. The van der Waals surface area contributed by atoms with Crippen molar-refractivity contribution in [3.63, 3.8) is 0 Å². The molecule has 11 heteroatoms. The third-order valence-electron chi connectivity index (χ3n) is 4.04. The Hall–Kier alpha value is -0.440. The van der Waals surface area contributed by atoms with Crippen LogP contribution < -0.4 is 5.73 Å². The highest BCUT2D eigenvalue weighted by Crippen LogP contribution is 2.24. The Labute approximate surface area is 131 Å². The first kappa shape index (κ1) is 18.9. The van der Waals surface area contributed by atoms with Crippen LogP contribution in [0.4, 0.5) is 0 Å². The quantitative estimate of drug-likeness (QED) is 0.243. The van der Waals surface area contributed by atoms with Gasteiger partial charge in [0.2, 0.25) is 0 Å². The van der Waals surface area contributed by atoms with E-state index in [0.29, 0.717) is 0 Å². The average molecular weight is 341 g/mol. The SMILES string of the molecule is N[C@@H]1[C@@H](OC[C@H]2OC(O)[C@@H](O)[C@@H](O)[C@@H]2O)O[C@H](CO)[C@@H](O)[C@@H]1O.